The first-order chi connectivity index (χ1) is 11.1. The summed E-state index contributed by atoms with van der Waals surface area (Å²) in [6.07, 6.45) is 1.94. The Morgan fingerprint density at radius 1 is 1.17 bits per heavy atom. The fourth-order valence-electron chi connectivity index (χ4n) is 2.17. The lowest BCUT2D eigenvalue weighted by Crippen LogP contribution is -2.38. The molecule has 0 aliphatic carbocycles. The zero-order valence-corrected chi connectivity index (χ0v) is 17.8. The van der Waals surface area contributed by atoms with Crippen molar-refractivity contribution in [1.82, 2.24) is 10.6 Å². The number of aliphatic imine (C=N–C) groups is 1. The van der Waals surface area contributed by atoms with Gasteiger partial charge >= 0.3 is 0 Å². The van der Waals surface area contributed by atoms with Gasteiger partial charge in [-0.25, -0.2) is 0 Å². The standard InChI is InChI=1S/C18H31N3O2.HI/c1-6-19-18(20-11-9-14(2)3)21-12-10-15-13-16(22-4)7-8-17(15)23-5;/h7-8,13-14H,6,9-12H2,1-5H3,(H2,19,20,21);1H. The Hall–Kier alpha value is -1.18. The van der Waals surface area contributed by atoms with E-state index in [0.29, 0.717) is 5.92 Å². The lowest BCUT2D eigenvalue weighted by atomic mass is 10.1. The third-order valence-electron chi connectivity index (χ3n) is 3.49. The highest BCUT2D eigenvalue weighted by molar-refractivity contribution is 14.0. The Kier molecular flexibility index (Phi) is 12.5. The number of halogens is 1. The Labute approximate surface area is 163 Å². The minimum absolute atomic E-state index is 0. The van der Waals surface area contributed by atoms with Gasteiger partial charge in [-0.3, -0.25) is 4.99 Å². The summed E-state index contributed by atoms with van der Waals surface area (Å²) in [6.45, 7) is 8.99. The van der Waals surface area contributed by atoms with Gasteiger partial charge in [-0.15, -0.1) is 24.0 Å². The van der Waals surface area contributed by atoms with Crippen molar-refractivity contribution < 1.29 is 9.47 Å². The molecule has 0 saturated heterocycles. The van der Waals surface area contributed by atoms with Crippen molar-refractivity contribution in [1.29, 1.82) is 0 Å². The van der Waals surface area contributed by atoms with Gasteiger partial charge in [-0.2, -0.15) is 0 Å². The van der Waals surface area contributed by atoms with Crippen molar-refractivity contribution >= 4 is 29.9 Å². The van der Waals surface area contributed by atoms with E-state index in [1.807, 2.05) is 18.2 Å². The van der Waals surface area contributed by atoms with Gasteiger partial charge < -0.3 is 20.1 Å². The van der Waals surface area contributed by atoms with Crippen LogP contribution >= 0.6 is 24.0 Å². The minimum atomic E-state index is 0. The fourth-order valence-corrected chi connectivity index (χ4v) is 2.17. The van der Waals surface area contributed by atoms with Crippen LogP contribution in [-0.4, -0.2) is 39.8 Å². The van der Waals surface area contributed by atoms with E-state index in [0.717, 1.165) is 55.5 Å². The van der Waals surface area contributed by atoms with Gasteiger partial charge in [0.2, 0.25) is 0 Å². The molecule has 0 fully saturated rings. The molecule has 1 aromatic carbocycles. The summed E-state index contributed by atoms with van der Waals surface area (Å²) in [4.78, 5) is 4.60. The summed E-state index contributed by atoms with van der Waals surface area (Å²) >= 11 is 0. The van der Waals surface area contributed by atoms with E-state index in [9.17, 15) is 0 Å². The van der Waals surface area contributed by atoms with Crippen LogP contribution in [0.2, 0.25) is 0 Å². The number of nitrogens with zero attached hydrogens (tertiary/aromatic N) is 1. The summed E-state index contributed by atoms with van der Waals surface area (Å²) in [5, 5.41) is 6.65. The van der Waals surface area contributed by atoms with E-state index < -0.39 is 0 Å². The maximum atomic E-state index is 5.41. The molecule has 0 amide bonds. The van der Waals surface area contributed by atoms with Crippen LogP contribution in [0, 0.1) is 5.92 Å². The van der Waals surface area contributed by atoms with Crippen LogP contribution in [-0.2, 0) is 6.42 Å². The predicted molar refractivity (Wildman–Crippen MR) is 112 cm³/mol. The molecule has 2 N–H and O–H groups in total. The Morgan fingerprint density at radius 3 is 2.50 bits per heavy atom. The van der Waals surface area contributed by atoms with Crippen LogP contribution in [0.1, 0.15) is 32.8 Å². The Balaban J connectivity index is 0.00000529. The molecule has 0 saturated carbocycles. The van der Waals surface area contributed by atoms with E-state index >= 15 is 0 Å². The Morgan fingerprint density at radius 2 is 1.92 bits per heavy atom. The molecule has 0 aromatic heterocycles. The summed E-state index contributed by atoms with van der Waals surface area (Å²) in [6, 6.07) is 5.87. The zero-order valence-electron chi connectivity index (χ0n) is 15.5. The second-order valence-electron chi connectivity index (χ2n) is 5.80. The molecule has 0 radical (unpaired) electrons. The molecule has 6 heteroatoms. The topological polar surface area (TPSA) is 54.9 Å². The van der Waals surface area contributed by atoms with Gasteiger partial charge in [0, 0.05) is 19.6 Å². The molecule has 24 heavy (non-hydrogen) atoms. The number of hydrogen-bond donors (Lipinski definition) is 2. The van der Waals surface area contributed by atoms with Crippen LogP contribution in [0.4, 0.5) is 0 Å². The quantitative estimate of drug-likeness (QED) is 0.345. The molecule has 0 aliphatic rings. The first-order valence-corrected chi connectivity index (χ1v) is 8.33. The molecule has 1 rings (SSSR count). The number of benzene rings is 1. The molecule has 1 aromatic rings. The molecule has 0 heterocycles. The number of hydrogen-bond acceptors (Lipinski definition) is 3. The van der Waals surface area contributed by atoms with E-state index in [4.69, 9.17) is 9.47 Å². The van der Waals surface area contributed by atoms with Crippen molar-refractivity contribution in [2.75, 3.05) is 33.9 Å². The van der Waals surface area contributed by atoms with Crippen LogP contribution in [0.5, 0.6) is 11.5 Å². The molecule has 0 aliphatic heterocycles. The number of rotatable bonds is 9. The third kappa shape index (κ3) is 8.61. The summed E-state index contributed by atoms with van der Waals surface area (Å²) in [5.41, 5.74) is 1.12. The number of nitrogens with one attached hydrogen (secondary N) is 2. The molecular formula is C18H32IN3O2. The maximum absolute atomic E-state index is 5.41. The Bertz CT molecular complexity index is 493. The number of guanidine groups is 1. The van der Waals surface area contributed by atoms with Crippen LogP contribution in [0.25, 0.3) is 0 Å². The van der Waals surface area contributed by atoms with Crippen LogP contribution in [0.15, 0.2) is 23.2 Å². The number of ether oxygens (including phenoxy) is 2. The summed E-state index contributed by atoms with van der Waals surface area (Å²) in [5.74, 6) is 3.27. The molecule has 0 unspecified atom stereocenters. The highest BCUT2D eigenvalue weighted by Crippen LogP contribution is 2.24. The SMILES string of the molecule is CCNC(=NCCC(C)C)NCCc1cc(OC)ccc1OC.I. The lowest BCUT2D eigenvalue weighted by Gasteiger charge is -2.14. The van der Waals surface area contributed by atoms with Crippen molar-refractivity contribution in [2.45, 2.75) is 33.6 Å². The third-order valence-corrected chi connectivity index (χ3v) is 3.49. The van der Waals surface area contributed by atoms with E-state index in [1.54, 1.807) is 14.2 Å². The monoisotopic (exact) mass is 449 g/mol. The van der Waals surface area contributed by atoms with Crippen molar-refractivity contribution in [3.8, 4) is 11.5 Å². The second-order valence-corrected chi connectivity index (χ2v) is 5.80. The average Bonchev–Trinajstić information content (AvgIpc) is 2.54. The van der Waals surface area contributed by atoms with E-state index in [-0.39, 0.29) is 24.0 Å². The molecule has 0 atom stereocenters. The molecule has 0 bridgehead atoms. The van der Waals surface area contributed by atoms with Crippen LogP contribution in [0.3, 0.4) is 0 Å². The normalized spacial score (nSPS) is 11.0. The maximum Gasteiger partial charge on any atom is 0.191 e. The molecular weight excluding hydrogens is 417 g/mol. The highest BCUT2D eigenvalue weighted by Gasteiger charge is 2.05. The van der Waals surface area contributed by atoms with Crippen molar-refractivity contribution in [3.05, 3.63) is 23.8 Å². The van der Waals surface area contributed by atoms with Gasteiger partial charge in [-0.1, -0.05) is 13.8 Å². The highest BCUT2D eigenvalue weighted by atomic mass is 127. The number of methoxy groups -OCH3 is 2. The van der Waals surface area contributed by atoms with E-state index in [2.05, 4.69) is 36.4 Å². The fraction of sp³-hybridized carbons (Fsp3) is 0.611. The average molecular weight is 449 g/mol. The first kappa shape index (κ1) is 22.8. The van der Waals surface area contributed by atoms with Gasteiger partial charge in [0.05, 0.1) is 14.2 Å². The smallest absolute Gasteiger partial charge is 0.191 e. The summed E-state index contributed by atoms with van der Waals surface area (Å²) < 4.78 is 10.7. The predicted octanol–water partition coefficient (Wildman–Crippen LogP) is 3.47. The van der Waals surface area contributed by atoms with Crippen molar-refractivity contribution in [2.24, 2.45) is 10.9 Å². The molecule has 0 spiro atoms. The van der Waals surface area contributed by atoms with Gasteiger partial charge in [0.1, 0.15) is 11.5 Å². The van der Waals surface area contributed by atoms with Gasteiger partial charge in [-0.05, 0) is 49.4 Å². The minimum Gasteiger partial charge on any atom is -0.497 e. The molecule has 5 nitrogen and oxygen atoms in total. The van der Waals surface area contributed by atoms with E-state index in [1.165, 1.54) is 0 Å². The summed E-state index contributed by atoms with van der Waals surface area (Å²) in [7, 11) is 3.37. The van der Waals surface area contributed by atoms with Crippen molar-refractivity contribution in [3.63, 3.8) is 0 Å². The largest absolute Gasteiger partial charge is 0.497 e. The zero-order chi connectivity index (χ0) is 17.1. The lowest BCUT2D eigenvalue weighted by molar-refractivity contribution is 0.398. The van der Waals surface area contributed by atoms with Gasteiger partial charge in [0.15, 0.2) is 5.96 Å². The second kappa shape index (κ2) is 13.1. The molecule has 138 valence electrons. The van der Waals surface area contributed by atoms with Gasteiger partial charge in [0.25, 0.3) is 0 Å². The first-order valence-electron chi connectivity index (χ1n) is 8.33. The van der Waals surface area contributed by atoms with Crippen LogP contribution < -0.4 is 20.1 Å².